The molecule has 176 valence electrons. The maximum atomic E-state index is 5.56. The van der Waals surface area contributed by atoms with E-state index in [-0.39, 0.29) is 0 Å². The molecule has 0 aliphatic rings. The van der Waals surface area contributed by atoms with Crippen LogP contribution in [0.15, 0.2) is 78.2 Å². The first kappa shape index (κ1) is 24.1. The van der Waals surface area contributed by atoms with Gasteiger partial charge in [-0.15, -0.1) is 10.2 Å². The Morgan fingerprint density at radius 2 is 1.47 bits per heavy atom. The molecule has 1 heterocycles. The lowest BCUT2D eigenvalue weighted by Gasteiger charge is -2.09. The number of benzene rings is 2. The van der Waals surface area contributed by atoms with E-state index in [1.165, 1.54) is 11.0 Å². The smallest absolute Gasteiger partial charge is 0.265 e. The van der Waals surface area contributed by atoms with Crippen molar-refractivity contribution in [2.75, 3.05) is 32.9 Å². The summed E-state index contributed by atoms with van der Waals surface area (Å²) in [6.07, 6.45) is 8.06. The Labute approximate surface area is 197 Å². The van der Waals surface area contributed by atoms with Crippen LogP contribution < -0.4 is 24.4 Å². The minimum absolute atomic E-state index is 0.336. The second-order valence-corrected chi connectivity index (χ2v) is 6.63. The highest BCUT2D eigenvalue weighted by molar-refractivity contribution is 5.82. The number of anilines is 1. The molecule has 0 amide bonds. The Morgan fingerprint density at radius 3 is 2.03 bits per heavy atom. The van der Waals surface area contributed by atoms with Gasteiger partial charge < -0.3 is 18.9 Å². The lowest BCUT2D eigenvalue weighted by atomic mass is 10.2. The molecule has 0 bridgehead atoms. The van der Waals surface area contributed by atoms with Crippen molar-refractivity contribution in [2.45, 2.75) is 0 Å². The number of hydrogen-bond donors (Lipinski definition) is 1. The van der Waals surface area contributed by atoms with Gasteiger partial charge in [-0.3, -0.25) is 0 Å². The summed E-state index contributed by atoms with van der Waals surface area (Å²) in [6, 6.07) is 10.9. The molecule has 0 unspecified atom stereocenters. The normalized spacial score (nSPS) is 10.9. The highest BCUT2D eigenvalue weighted by Crippen LogP contribution is 2.28. The molecule has 34 heavy (non-hydrogen) atoms. The minimum atomic E-state index is 0.336. The first-order valence-corrected chi connectivity index (χ1v) is 10.3. The third-order valence-electron chi connectivity index (χ3n) is 4.33. The Morgan fingerprint density at radius 1 is 0.882 bits per heavy atom. The van der Waals surface area contributed by atoms with E-state index in [9.17, 15) is 0 Å². The molecule has 0 aliphatic carbocycles. The van der Waals surface area contributed by atoms with Crippen molar-refractivity contribution in [3.8, 4) is 23.0 Å². The summed E-state index contributed by atoms with van der Waals surface area (Å²) in [5.74, 6) is 2.77. The van der Waals surface area contributed by atoms with Crippen molar-refractivity contribution < 1.29 is 18.9 Å². The van der Waals surface area contributed by atoms with Crippen LogP contribution >= 0.6 is 0 Å². The summed E-state index contributed by atoms with van der Waals surface area (Å²) in [5.41, 5.74) is 4.43. The minimum Gasteiger partial charge on any atom is -0.493 e. The summed E-state index contributed by atoms with van der Waals surface area (Å²) in [5, 5.41) is 16.4. The van der Waals surface area contributed by atoms with Gasteiger partial charge in [-0.1, -0.05) is 25.3 Å². The quantitative estimate of drug-likeness (QED) is 0.234. The van der Waals surface area contributed by atoms with Crippen LogP contribution in [-0.2, 0) is 0 Å². The molecule has 1 N–H and O–H groups in total. The summed E-state index contributed by atoms with van der Waals surface area (Å²) >= 11 is 0. The molecule has 0 atom stereocenters. The van der Waals surface area contributed by atoms with Gasteiger partial charge in [-0.25, -0.2) is 5.43 Å². The maximum Gasteiger partial charge on any atom is 0.265 e. The number of hydrazone groups is 1. The molecule has 0 spiro atoms. The molecule has 0 aliphatic heterocycles. The van der Waals surface area contributed by atoms with E-state index in [1.54, 1.807) is 50.9 Å². The fourth-order valence-electron chi connectivity index (χ4n) is 2.75. The van der Waals surface area contributed by atoms with Crippen LogP contribution in [0.5, 0.6) is 23.0 Å². The van der Waals surface area contributed by atoms with Crippen LogP contribution in [0, 0.1) is 0 Å². The average Bonchev–Trinajstić information content (AvgIpc) is 3.32. The number of hydrogen-bond acceptors (Lipinski definition) is 9. The van der Waals surface area contributed by atoms with Crippen molar-refractivity contribution in [1.29, 1.82) is 0 Å². The van der Waals surface area contributed by atoms with Crippen LogP contribution in [0.4, 0.5) is 5.95 Å². The highest BCUT2D eigenvalue weighted by atomic mass is 16.5. The van der Waals surface area contributed by atoms with Crippen LogP contribution in [0.3, 0.4) is 0 Å². The molecule has 3 aromatic rings. The fourth-order valence-corrected chi connectivity index (χ4v) is 2.75. The Bertz CT molecular complexity index is 1170. The molecule has 0 fully saturated rings. The summed E-state index contributed by atoms with van der Waals surface area (Å²) in [6.45, 7) is 8.06. The van der Waals surface area contributed by atoms with Gasteiger partial charge in [0.2, 0.25) is 0 Å². The molecular weight excluding hydrogens is 436 g/mol. The largest absolute Gasteiger partial charge is 0.493 e. The predicted octanol–water partition coefficient (Wildman–Crippen LogP) is 3.75. The van der Waals surface area contributed by atoms with E-state index < -0.39 is 0 Å². The first-order valence-electron chi connectivity index (χ1n) is 10.3. The van der Waals surface area contributed by atoms with E-state index in [4.69, 9.17) is 18.9 Å². The third-order valence-corrected chi connectivity index (χ3v) is 4.33. The van der Waals surface area contributed by atoms with Gasteiger partial charge in [0.15, 0.2) is 23.0 Å². The Kier molecular flexibility index (Phi) is 8.80. The summed E-state index contributed by atoms with van der Waals surface area (Å²) in [4.78, 5) is 0. The molecule has 2 aromatic carbocycles. The molecule has 10 nitrogen and oxygen atoms in total. The van der Waals surface area contributed by atoms with Crippen molar-refractivity contribution in [2.24, 2.45) is 10.2 Å². The lowest BCUT2D eigenvalue weighted by molar-refractivity contribution is 0.326. The first-order chi connectivity index (χ1) is 16.7. The van der Waals surface area contributed by atoms with Crippen LogP contribution in [0.25, 0.3) is 0 Å². The van der Waals surface area contributed by atoms with Crippen molar-refractivity contribution in [3.63, 3.8) is 0 Å². The molecule has 1 aromatic heterocycles. The molecule has 0 radical (unpaired) electrons. The molecule has 3 rings (SSSR count). The van der Waals surface area contributed by atoms with Gasteiger partial charge in [0.25, 0.3) is 5.95 Å². The monoisotopic (exact) mass is 462 g/mol. The van der Waals surface area contributed by atoms with Crippen LogP contribution in [-0.4, -0.2) is 54.7 Å². The SMILES string of the molecule is C=CCOc1ccc(C=NNc2nncn2/N=C/c2ccc(OCC=C)c(OC)c2)cc1OC. The van der Waals surface area contributed by atoms with E-state index in [0.29, 0.717) is 42.2 Å². The van der Waals surface area contributed by atoms with Gasteiger partial charge in [-0.2, -0.15) is 14.9 Å². The molecule has 10 heteroatoms. The van der Waals surface area contributed by atoms with Gasteiger partial charge in [0.05, 0.1) is 26.6 Å². The number of methoxy groups -OCH3 is 2. The zero-order valence-corrected chi connectivity index (χ0v) is 19.0. The standard InChI is InChI=1S/C24H26N6O4/c1-5-11-33-20-9-7-18(13-22(20)31-3)15-25-28-24-29-26-17-30(24)27-16-19-8-10-21(34-12-6-2)23(14-19)32-4/h5-10,13-17H,1-2,11-12H2,3-4H3,(H,28,29)/b25-15?,27-16+. The molecule has 0 saturated heterocycles. The zero-order valence-electron chi connectivity index (χ0n) is 19.0. The highest BCUT2D eigenvalue weighted by Gasteiger charge is 2.06. The Balaban J connectivity index is 1.67. The van der Waals surface area contributed by atoms with Gasteiger partial charge in [-0.05, 0) is 47.5 Å². The number of rotatable bonds is 13. The summed E-state index contributed by atoms with van der Waals surface area (Å²) < 4.78 is 23.3. The fraction of sp³-hybridized carbons (Fsp3) is 0.167. The number of nitrogens with one attached hydrogen (secondary N) is 1. The van der Waals surface area contributed by atoms with E-state index >= 15 is 0 Å². The predicted molar refractivity (Wildman–Crippen MR) is 132 cm³/mol. The maximum absolute atomic E-state index is 5.56. The number of nitrogens with zero attached hydrogens (tertiary/aromatic N) is 5. The number of ether oxygens (including phenoxy) is 4. The van der Waals surface area contributed by atoms with Crippen molar-refractivity contribution >= 4 is 18.4 Å². The van der Waals surface area contributed by atoms with Crippen molar-refractivity contribution in [1.82, 2.24) is 14.9 Å². The second-order valence-electron chi connectivity index (χ2n) is 6.63. The molecule has 0 saturated carbocycles. The number of aromatic nitrogens is 3. The van der Waals surface area contributed by atoms with E-state index in [1.807, 2.05) is 24.3 Å². The lowest BCUT2D eigenvalue weighted by Crippen LogP contribution is -2.00. The topological polar surface area (TPSA) is 104 Å². The second kappa shape index (κ2) is 12.4. The average molecular weight is 463 g/mol. The van der Waals surface area contributed by atoms with Crippen molar-refractivity contribution in [3.05, 3.63) is 79.2 Å². The zero-order chi connectivity index (χ0) is 24.2. The third kappa shape index (κ3) is 6.45. The van der Waals surface area contributed by atoms with Crippen LogP contribution in [0.2, 0.25) is 0 Å². The Hall–Kier alpha value is -4.60. The van der Waals surface area contributed by atoms with E-state index in [2.05, 4.69) is 39.0 Å². The summed E-state index contributed by atoms with van der Waals surface area (Å²) in [7, 11) is 3.15. The van der Waals surface area contributed by atoms with Gasteiger partial charge in [0, 0.05) is 0 Å². The van der Waals surface area contributed by atoms with Crippen LogP contribution in [0.1, 0.15) is 11.1 Å². The van der Waals surface area contributed by atoms with Gasteiger partial charge in [0.1, 0.15) is 19.5 Å². The van der Waals surface area contributed by atoms with E-state index in [0.717, 1.165) is 11.1 Å². The van der Waals surface area contributed by atoms with Gasteiger partial charge >= 0.3 is 0 Å². The molecular formula is C24H26N6O4.